The van der Waals surface area contributed by atoms with Crippen molar-refractivity contribution >= 4 is 23.2 Å². The molecule has 0 N–H and O–H groups in total. The van der Waals surface area contributed by atoms with Crippen molar-refractivity contribution in [3.8, 4) is 11.4 Å². The lowest BCUT2D eigenvalue weighted by molar-refractivity contribution is 0.120. The molecule has 7 heteroatoms. The summed E-state index contributed by atoms with van der Waals surface area (Å²) < 4.78 is 5.80. The van der Waals surface area contributed by atoms with Crippen LogP contribution in [0.2, 0.25) is 10.0 Å². The first-order chi connectivity index (χ1) is 13.6. The van der Waals surface area contributed by atoms with Crippen LogP contribution in [0.3, 0.4) is 0 Å². The van der Waals surface area contributed by atoms with Crippen LogP contribution >= 0.6 is 23.2 Å². The summed E-state index contributed by atoms with van der Waals surface area (Å²) in [4.78, 5) is 11.3. The third-order valence-electron chi connectivity index (χ3n) is 6.31. The normalized spacial score (nSPS) is 27.2. The van der Waals surface area contributed by atoms with Crippen LogP contribution in [0.15, 0.2) is 47.2 Å². The number of benzene rings is 1. The minimum Gasteiger partial charge on any atom is -0.339 e. The molecular weight excluding hydrogens is 395 g/mol. The number of rotatable bonds is 3. The molecule has 0 radical (unpaired) electrons. The first-order valence-corrected chi connectivity index (χ1v) is 10.3. The molecule has 0 unspecified atom stereocenters. The van der Waals surface area contributed by atoms with Gasteiger partial charge in [-0.25, -0.2) is 0 Å². The van der Waals surface area contributed by atoms with Gasteiger partial charge in [-0.15, -0.1) is 0 Å². The molecule has 2 bridgehead atoms. The second kappa shape index (κ2) is 7.14. The number of nitrogens with zero attached hydrogens (tertiary/aromatic N) is 4. The lowest BCUT2D eigenvalue weighted by Gasteiger charge is -2.41. The van der Waals surface area contributed by atoms with E-state index in [1.54, 1.807) is 12.4 Å². The molecule has 4 atom stereocenters. The smallest absolute Gasteiger partial charge is 0.232 e. The topological polar surface area (TPSA) is 55.1 Å². The predicted octanol–water partition coefficient (Wildman–Crippen LogP) is 5.17. The van der Waals surface area contributed by atoms with Crippen molar-refractivity contribution in [2.45, 2.75) is 43.2 Å². The van der Waals surface area contributed by atoms with E-state index in [9.17, 15) is 0 Å². The Morgan fingerprint density at radius 2 is 1.89 bits per heavy atom. The molecule has 144 valence electrons. The number of hydrogen-bond donors (Lipinski definition) is 0. The molecule has 4 heterocycles. The number of fused-ring (bicyclic) bond motifs is 2. The quantitative estimate of drug-likeness (QED) is 0.591. The Balaban J connectivity index is 1.55. The van der Waals surface area contributed by atoms with Gasteiger partial charge >= 0.3 is 0 Å². The zero-order valence-corrected chi connectivity index (χ0v) is 16.9. The second-order valence-electron chi connectivity index (χ2n) is 7.70. The standard InChI is InChI=1S/C21H20Cl2N4O/c1-27-14-3-5-18(27)19(15(11-14)13-2-4-16(22)17(23)10-13)21-25-20(26-28-21)12-6-8-24-9-7-12/h2,4,6-10,14-15,18-19H,3,5,11H2,1H3/t14-,15+,18+,19+/m1/s1. The minimum absolute atomic E-state index is 0.129. The highest BCUT2D eigenvalue weighted by molar-refractivity contribution is 6.42. The molecule has 0 aliphatic carbocycles. The molecule has 0 spiro atoms. The van der Waals surface area contributed by atoms with Crippen molar-refractivity contribution in [3.05, 3.63) is 64.2 Å². The molecule has 2 saturated heterocycles. The van der Waals surface area contributed by atoms with Gasteiger partial charge in [-0.3, -0.25) is 9.88 Å². The van der Waals surface area contributed by atoms with Crippen LogP contribution in [0, 0.1) is 0 Å². The Kier molecular flexibility index (Phi) is 4.62. The fourth-order valence-corrected chi connectivity index (χ4v) is 5.18. The maximum absolute atomic E-state index is 6.33. The van der Waals surface area contributed by atoms with Crippen LogP contribution in [0.1, 0.15) is 42.6 Å². The minimum atomic E-state index is 0.129. The lowest BCUT2D eigenvalue weighted by atomic mass is 9.76. The molecule has 3 aromatic rings. The molecular formula is C21H20Cl2N4O. The largest absolute Gasteiger partial charge is 0.339 e. The van der Waals surface area contributed by atoms with Crippen molar-refractivity contribution in [2.24, 2.45) is 0 Å². The van der Waals surface area contributed by atoms with E-state index >= 15 is 0 Å². The van der Waals surface area contributed by atoms with Crippen molar-refractivity contribution in [1.29, 1.82) is 0 Å². The van der Waals surface area contributed by atoms with Gasteiger partial charge in [0.1, 0.15) is 0 Å². The van der Waals surface area contributed by atoms with E-state index < -0.39 is 0 Å². The van der Waals surface area contributed by atoms with E-state index in [4.69, 9.17) is 32.7 Å². The number of likely N-dealkylation sites (N-methyl/N-ethyl adjacent to an activating group) is 1. The second-order valence-corrected chi connectivity index (χ2v) is 8.51. The van der Waals surface area contributed by atoms with Crippen molar-refractivity contribution in [3.63, 3.8) is 0 Å². The van der Waals surface area contributed by atoms with Gasteiger partial charge in [0, 0.05) is 30.0 Å². The van der Waals surface area contributed by atoms with E-state index in [1.165, 1.54) is 12.0 Å². The Morgan fingerprint density at radius 3 is 2.68 bits per heavy atom. The van der Waals surface area contributed by atoms with Gasteiger partial charge in [-0.2, -0.15) is 4.98 Å². The van der Waals surface area contributed by atoms with Gasteiger partial charge < -0.3 is 4.52 Å². The van der Waals surface area contributed by atoms with Gasteiger partial charge in [-0.1, -0.05) is 34.4 Å². The van der Waals surface area contributed by atoms with Crippen LogP contribution < -0.4 is 0 Å². The van der Waals surface area contributed by atoms with Crippen molar-refractivity contribution in [2.75, 3.05) is 7.05 Å². The van der Waals surface area contributed by atoms with E-state index in [-0.39, 0.29) is 11.8 Å². The lowest BCUT2D eigenvalue weighted by Crippen LogP contribution is -2.44. The number of pyridine rings is 1. The number of halogens is 2. The van der Waals surface area contributed by atoms with Gasteiger partial charge in [0.05, 0.1) is 16.0 Å². The maximum Gasteiger partial charge on any atom is 0.232 e. The molecule has 2 fully saturated rings. The number of hydrogen-bond acceptors (Lipinski definition) is 5. The van der Waals surface area contributed by atoms with Gasteiger partial charge in [0.15, 0.2) is 0 Å². The fraction of sp³-hybridized carbons (Fsp3) is 0.381. The molecule has 0 amide bonds. The van der Waals surface area contributed by atoms with Crippen molar-refractivity contribution in [1.82, 2.24) is 20.0 Å². The first-order valence-electron chi connectivity index (χ1n) is 9.52. The predicted molar refractivity (Wildman–Crippen MR) is 109 cm³/mol. The van der Waals surface area contributed by atoms with Crippen LogP contribution in [-0.4, -0.2) is 39.2 Å². The van der Waals surface area contributed by atoms with Crippen molar-refractivity contribution < 1.29 is 4.52 Å². The first kappa shape index (κ1) is 18.1. The molecule has 0 saturated carbocycles. The molecule has 2 aliphatic heterocycles. The van der Waals surface area contributed by atoms with Gasteiger partial charge in [0.2, 0.25) is 11.7 Å². The highest BCUT2D eigenvalue weighted by Gasteiger charge is 2.49. The average molecular weight is 415 g/mol. The Morgan fingerprint density at radius 1 is 1.07 bits per heavy atom. The summed E-state index contributed by atoms with van der Waals surface area (Å²) in [7, 11) is 2.21. The SMILES string of the molecule is CN1[C@@H]2CC[C@H]1[C@@H](c1nc(-c3ccncc3)no1)[C@H](c1ccc(Cl)c(Cl)c1)C2. The molecule has 2 aliphatic rings. The summed E-state index contributed by atoms with van der Waals surface area (Å²) in [6.45, 7) is 0. The maximum atomic E-state index is 6.33. The molecule has 5 rings (SSSR count). The summed E-state index contributed by atoms with van der Waals surface area (Å²) in [5.74, 6) is 1.70. The summed E-state index contributed by atoms with van der Waals surface area (Å²) in [5.41, 5.74) is 2.10. The van der Waals surface area contributed by atoms with E-state index in [0.29, 0.717) is 33.8 Å². The van der Waals surface area contributed by atoms with E-state index in [1.807, 2.05) is 24.3 Å². The van der Waals surface area contributed by atoms with Crippen LogP contribution in [0.25, 0.3) is 11.4 Å². The Bertz CT molecular complexity index is 993. The number of aromatic nitrogens is 3. The highest BCUT2D eigenvalue weighted by atomic mass is 35.5. The molecule has 2 aromatic heterocycles. The van der Waals surface area contributed by atoms with Crippen LogP contribution in [0.5, 0.6) is 0 Å². The zero-order valence-electron chi connectivity index (χ0n) is 15.4. The monoisotopic (exact) mass is 414 g/mol. The zero-order chi connectivity index (χ0) is 19.3. The molecule has 1 aromatic carbocycles. The number of piperidine rings is 1. The van der Waals surface area contributed by atoms with E-state index in [0.717, 1.165) is 18.4 Å². The van der Waals surface area contributed by atoms with Gasteiger partial charge in [-0.05, 0) is 62.1 Å². The summed E-state index contributed by atoms with van der Waals surface area (Å²) >= 11 is 12.5. The summed E-state index contributed by atoms with van der Waals surface area (Å²) in [5, 5.41) is 5.42. The molecule has 28 heavy (non-hydrogen) atoms. The Hall–Kier alpha value is -1.95. The summed E-state index contributed by atoms with van der Waals surface area (Å²) in [6.07, 6.45) is 6.85. The van der Waals surface area contributed by atoms with Crippen LogP contribution in [0.4, 0.5) is 0 Å². The summed E-state index contributed by atoms with van der Waals surface area (Å²) in [6, 6.07) is 10.7. The third-order valence-corrected chi connectivity index (χ3v) is 7.05. The van der Waals surface area contributed by atoms with E-state index in [2.05, 4.69) is 28.2 Å². The van der Waals surface area contributed by atoms with Gasteiger partial charge in [0.25, 0.3) is 0 Å². The average Bonchev–Trinajstić information content (AvgIpc) is 3.28. The fourth-order valence-electron chi connectivity index (χ4n) is 4.88. The van der Waals surface area contributed by atoms with Crippen LogP contribution in [-0.2, 0) is 0 Å². The highest BCUT2D eigenvalue weighted by Crippen LogP contribution is 2.51. The Labute approximate surface area is 173 Å². The third kappa shape index (κ3) is 3.02. The molecule has 5 nitrogen and oxygen atoms in total.